The molecule has 2 aromatic rings. The minimum absolute atomic E-state index is 0.0295. The van der Waals surface area contributed by atoms with E-state index in [-0.39, 0.29) is 5.41 Å². The van der Waals surface area contributed by atoms with Crippen LogP contribution in [0.5, 0.6) is 0 Å². The minimum Gasteiger partial charge on any atom is -0.338 e. The van der Waals surface area contributed by atoms with Gasteiger partial charge in [0.25, 0.3) is 0 Å². The lowest BCUT2D eigenvalue weighted by atomic mass is 9.76. The molecular weight excluding hydrogens is 240 g/mol. The van der Waals surface area contributed by atoms with Gasteiger partial charge in [-0.3, -0.25) is 4.98 Å². The molecule has 1 atom stereocenters. The van der Waals surface area contributed by atoms with Gasteiger partial charge in [-0.25, -0.2) is 0 Å². The van der Waals surface area contributed by atoms with Gasteiger partial charge in [-0.05, 0) is 31.0 Å². The summed E-state index contributed by atoms with van der Waals surface area (Å²) in [6.07, 6.45) is 4.52. The summed E-state index contributed by atoms with van der Waals surface area (Å²) in [6.45, 7) is 6.33. The van der Waals surface area contributed by atoms with Gasteiger partial charge in [-0.1, -0.05) is 19.0 Å². The maximum Gasteiger partial charge on any atom is 0.234 e. The molecule has 100 valence electrons. The summed E-state index contributed by atoms with van der Waals surface area (Å²) >= 11 is 0. The highest BCUT2D eigenvalue weighted by Gasteiger charge is 2.43. The zero-order valence-corrected chi connectivity index (χ0v) is 11.3. The maximum atomic E-state index is 5.55. The lowest BCUT2D eigenvalue weighted by molar-refractivity contribution is 0.234. The third-order valence-electron chi connectivity index (χ3n) is 4.08. The molecule has 0 bridgehead atoms. The predicted octanol–water partition coefficient (Wildman–Crippen LogP) is 2.02. The Balaban J connectivity index is 1.97. The van der Waals surface area contributed by atoms with Crippen LogP contribution in [0.4, 0.5) is 0 Å². The molecule has 1 aliphatic rings. The van der Waals surface area contributed by atoms with Crippen LogP contribution in [0.3, 0.4) is 0 Å². The molecule has 0 aliphatic carbocycles. The fourth-order valence-corrected chi connectivity index (χ4v) is 2.68. The van der Waals surface area contributed by atoms with Crippen molar-refractivity contribution in [3.05, 3.63) is 30.4 Å². The molecule has 5 heteroatoms. The Hall–Kier alpha value is -1.75. The number of nitrogens with zero attached hydrogens (tertiary/aromatic N) is 3. The van der Waals surface area contributed by atoms with Crippen molar-refractivity contribution in [3.8, 4) is 11.4 Å². The Bertz CT molecular complexity index is 544. The van der Waals surface area contributed by atoms with Gasteiger partial charge in [-0.2, -0.15) is 4.98 Å². The van der Waals surface area contributed by atoms with Gasteiger partial charge in [0, 0.05) is 24.5 Å². The van der Waals surface area contributed by atoms with Crippen LogP contribution in [0.25, 0.3) is 11.4 Å². The zero-order valence-electron chi connectivity index (χ0n) is 11.3. The maximum absolute atomic E-state index is 5.55. The van der Waals surface area contributed by atoms with E-state index in [2.05, 4.69) is 34.3 Å². The first-order valence-electron chi connectivity index (χ1n) is 6.68. The van der Waals surface area contributed by atoms with Crippen LogP contribution in [0.15, 0.2) is 29.0 Å². The standard InChI is InChI=1S/C14H18N4O/c1-10(2)14(5-8-16-9-14)13-17-12(18-19-13)11-3-6-15-7-4-11/h3-4,6-7,10,16H,5,8-9H2,1-2H3. The Kier molecular flexibility index (Phi) is 3.06. The van der Waals surface area contributed by atoms with Crippen LogP contribution in [-0.4, -0.2) is 28.2 Å². The first kappa shape index (κ1) is 12.3. The smallest absolute Gasteiger partial charge is 0.234 e. The molecule has 0 radical (unpaired) electrons. The number of hydrogen-bond donors (Lipinski definition) is 1. The second kappa shape index (κ2) is 4.74. The third-order valence-corrected chi connectivity index (χ3v) is 4.08. The van der Waals surface area contributed by atoms with Gasteiger partial charge < -0.3 is 9.84 Å². The molecule has 1 saturated heterocycles. The Labute approximate surface area is 112 Å². The van der Waals surface area contributed by atoms with Gasteiger partial charge >= 0.3 is 0 Å². The molecule has 0 aromatic carbocycles. The highest BCUT2D eigenvalue weighted by Crippen LogP contribution is 2.37. The van der Waals surface area contributed by atoms with E-state index in [1.165, 1.54) is 0 Å². The summed E-state index contributed by atoms with van der Waals surface area (Å²) < 4.78 is 5.55. The van der Waals surface area contributed by atoms with Crippen LogP contribution < -0.4 is 5.32 Å². The third kappa shape index (κ3) is 2.04. The summed E-state index contributed by atoms with van der Waals surface area (Å²) in [4.78, 5) is 8.61. The van der Waals surface area contributed by atoms with Gasteiger partial charge in [-0.15, -0.1) is 0 Å². The van der Waals surface area contributed by atoms with Crippen molar-refractivity contribution in [3.63, 3.8) is 0 Å². The molecule has 3 rings (SSSR count). The van der Waals surface area contributed by atoms with Crippen LogP contribution in [0, 0.1) is 5.92 Å². The second-order valence-electron chi connectivity index (χ2n) is 5.40. The van der Waals surface area contributed by atoms with Crippen LogP contribution in [0.1, 0.15) is 26.2 Å². The highest BCUT2D eigenvalue weighted by molar-refractivity contribution is 5.52. The monoisotopic (exact) mass is 258 g/mol. The molecule has 1 unspecified atom stereocenters. The largest absolute Gasteiger partial charge is 0.338 e. The molecule has 2 aromatic heterocycles. The van der Waals surface area contributed by atoms with E-state index in [0.717, 1.165) is 31.0 Å². The molecule has 1 fully saturated rings. The fraction of sp³-hybridized carbons (Fsp3) is 0.500. The van der Waals surface area contributed by atoms with E-state index >= 15 is 0 Å². The quantitative estimate of drug-likeness (QED) is 0.912. The van der Waals surface area contributed by atoms with Crippen molar-refractivity contribution >= 4 is 0 Å². The number of rotatable bonds is 3. The van der Waals surface area contributed by atoms with Crippen molar-refractivity contribution in [1.29, 1.82) is 0 Å². The number of hydrogen-bond acceptors (Lipinski definition) is 5. The van der Waals surface area contributed by atoms with Crippen molar-refractivity contribution in [2.45, 2.75) is 25.7 Å². The van der Waals surface area contributed by atoms with E-state index in [4.69, 9.17) is 4.52 Å². The van der Waals surface area contributed by atoms with Crippen molar-refractivity contribution < 1.29 is 4.52 Å². The Morgan fingerprint density at radius 1 is 1.32 bits per heavy atom. The molecule has 19 heavy (non-hydrogen) atoms. The Morgan fingerprint density at radius 2 is 2.11 bits per heavy atom. The van der Waals surface area contributed by atoms with E-state index in [9.17, 15) is 0 Å². The van der Waals surface area contributed by atoms with Crippen LogP contribution >= 0.6 is 0 Å². The molecule has 5 nitrogen and oxygen atoms in total. The van der Waals surface area contributed by atoms with Crippen molar-refractivity contribution in [2.75, 3.05) is 13.1 Å². The van der Waals surface area contributed by atoms with Gasteiger partial charge in [0.1, 0.15) is 0 Å². The van der Waals surface area contributed by atoms with E-state index in [1.807, 2.05) is 12.1 Å². The summed E-state index contributed by atoms with van der Waals surface area (Å²) in [5, 5.41) is 7.52. The Morgan fingerprint density at radius 3 is 2.74 bits per heavy atom. The predicted molar refractivity (Wildman–Crippen MR) is 71.5 cm³/mol. The number of nitrogens with one attached hydrogen (secondary N) is 1. The van der Waals surface area contributed by atoms with Gasteiger partial charge in [0.2, 0.25) is 11.7 Å². The molecule has 1 N–H and O–H groups in total. The first-order chi connectivity index (χ1) is 9.22. The zero-order chi connectivity index (χ0) is 13.3. The van der Waals surface area contributed by atoms with Crippen molar-refractivity contribution in [1.82, 2.24) is 20.4 Å². The summed E-state index contributed by atoms with van der Waals surface area (Å²) in [7, 11) is 0. The average molecular weight is 258 g/mol. The molecular formula is C14H18N4O. The summed E-state index contributed by atoms with van der Waals surface area (Å²) in [5.41, 5.74) is 0.910. The highest BCUT2D eigenvalue weighted by atomic mass is 16.5. The molecule has 3 heterocycles. The lowest BCUT2D eigenvalue weighted by Crippen LogP contribution is -2.35. The van der Waals surface area contributed by atoms with Gasteiger partial charge in [0.15, 0.2) is 0 Å². The average Bonchev–Trinajstić information content (AvgIpc) is 3.09. The SMILES string of the molecule is CC(C)C1(c2nc(-c3ccncc3)no2)CCNC1. The summed E-state index contributed by atoms with van der Waals surface area (Å²) in [5.74, 6) is 1.86. The minimum atomic E-state index is -0.0295. The molecule has 0 saturated carbocycles. The normalized spacial score (nSPS) is 23.1. The van der Waals surface area contributed by atoms with Crippen molar-refractivity contribution in [2.24, 2.45) is 5.92 Å². The molecule has 0 amide bonds. The molecule has 1 aliphatic heterocycles. The van der Waals surface area contributed by atoms with Crippen LogP contribution in [-0.2, 0) is 5.41 Å². The number of pyridine rings is 1. The van der Waals surface area contributed by atoms with E-state index in [0.29, 0.717) is 11.7 Å². The summed E-state index contributed by atoms with van der Waals surface area (Å²) in [6, 6.07) is 3.78. The second-order valence-corrected chi connectivity index (χ2v) is 5.40. The van der Waals surface area contributed by atoms with E-state index < -0.39 is 0 Å². The first-order valence-corrected chi connectivity index (χ1v) is 6.68. The lowest BCUT2D eigenvalue weighted by Gasteiger charge is -2.27. The van der Waals surface area contributed by atoms with Gasteiger partial charge in [0.05, 0.1) is 5.41 Å². The number of aromatic nitrogens is 3. The topological polar surface area (TPSA) is 63.8 Å². The fourth-order valence-electron chi connectivity index (χ4n) is 2.68. The van der Waals surface area contributed by atoms with E-state index in [1.54, 1.807) is 12.4 Å². The van der Waals surface area contributed by atoms with Crippen LogP contribution in [0.2, 0.25) is 0 Å². The molecule has 0 spiro atoms.